The van der Waals surface area contributed by atoms with Gasteiger partial charge in [-0.2, -0.15) is 8.78 Å². The fourth-order valence-electron chi connectivity index (χ4n) is 4.10. The van der Waals surface area contributed by atoms with Crippen LogP contribution >= 0.6 is 11.6 Å². The molecule has 0 saturated carbocycles. The number of fused-ring (bicyclic) bond motifs is 1. The molecule has 1 aliphatic heterocycles. The van der Waals surface area contributed by atoms with Crippen molar-refractivity contribution in [2.75, 3.05) is 0 Å². The van der Waals surface area contributed by atoms with Crippen molar-refractivity contribution in [1.82, 2.24) is 15.0 Å². The quantitative estimate of drug-likeness (QED) is 0.575. The van der Waals surface area contributed by atoms with Gasteiger partial charge in [0.05, 0.1) is 12.1 Å². The van der Waals surface area contributed by atoms with Gasteiger partial charge in [0.25, 0.3) is 15.9 Å². The molecule has 29 heavy (non-hydrogen) atoms. The topological polar surface area (TPSA) is 91.1 Å². The smallest absolute Gasteiger partial charge is 0.351 e. The third-order valence-corrected chi connectivity index (χ3v) is 7.12. The number of amides is 1. The minimum absolute atomic E-state index is 0.237. The molecule has 6 nitrogen and oxygen atoms in total. The number of alkyl halides is 2. The van der Waals surface area contributed by atoms with E-state index < -0.39 is 38.8 Å². The van der Waals surface area contributed by atoms with Crippen molar-refractivity contribution in [2.45, 2.75) is 23.8 Å². The zero-order valence-corrected chi connectivity index (χ0v) is 16.2. The molecule has 0 spiro atoms. The summed E-state index contributed by atoms with van der Waals surface area (Å²) in [6.07, 6.45) is 0.240. The third-order valence-electron chi connectivity index (χ3n) is 5.43. The lowest BCUT2D eigenvalue weighted by atomic mass is 10.0. The Bertz CT molecular complexity index is 1290. The molecule has 0 bridgehead atoms. The summed E-state index contributed by atoms with van der Waals surface area (Å²) in [5, 5.41) is 0.0217. The van der Waals surface area contributed by atoms with E-state index in [0.29, 0.717) is 10.6 Å². The number of halogens is 3. The van der Waals surface area contributed by atoms with Gasteiger partial charge in [-0.25, -0.2) is 13.1 Å². The van der Waals surface area contributed by atoms with Gasteiger partial charge in [-0.3, -0.25) is 4.79 Å². The largest absolute Gasteiger partial charge is 0.384 e. The van der Waals surface area contributed by atoms with E-state index in [0.717, 1.165) is 17.0 Å². The number of hydrogen-bond acceptors (Lipinski definition) is 3. The number of carbonyl (C=O) groups is 1. The summed E-state index contributed by atoms with van der Waals surface area (Å²) in [6.45, 7) is 0. The Morgan fingerprint density at radius 1 is 1.21 bits per heavy atom. The number of carbonyl (C=O) groups excluding carboxylic acids is 1. The van der Waals surface area contributed by atoms with Gasteiger partial charge in [0.2, 0.25) is 0 Å². The molecule has 10 heteroatoms. The molecule has 5 rings (SSSR count). The lowest BCUT2D eigenvalue weighted by molar-refractivity contribution is 0.0815. The third kappa shape index (κ3) is 2.68. The maximum Gasteiger partial charge on any atom is 0.384 e. The molecule has 2 aliphatic rings. The Morgan fingerprint density at radius 3 is 2.79 bits per heavy atom. The van der Waals surface area contributed by atoms with Crippen molar-refractivity contribution in [3.63, 3.8) is 0 Å². The predicted octanol–water partition coefficient (Wildman–Crippen LogP) is 3.20. The predicted molar refractivity (Wildman–Crippen MR) is 103 cm³/mol. The fraction of sp³-hybridized carbons (Fsp3) is 0.211. The molecular weight excluding hydrogens is 424 g/mol. The molecule has 2 atom stereocenters. The highest BCUT2D eigenvalue weighted by molar-refractivity contribution is 7.90. The monoisotopic (exact) mass is 437 g/mol. The van der Waals surface area contributed by atoms with Crippen LogP contribution < -0.4 is 10.0 Å². The molecule has 150 valence electrons. The maximum absolute atomic E-state index is 14.4. The second-order valence-electron chi connectivity index (χ2n) is 7.19. The molecule has 3 N–H and O–H groups in total. The number of benzene rings is 2. The number of H-pyrrole nitrogens is 1. The van der Waals surface area contributed by atoms with Crippen LogP contribution in [0.3, 0.4) is 0 Å². The van der Waals surface area contributed by atoms with E-state index >= 15 is 0 Å². The van der Waals surface area contributed by atoms with Gasteiger partial charge in [-0.1, -0.05) is 29.8 Å². The lowest BCUT2D eigenvalue weighted by Gasteiger charge is -2.32. The van der Waals surface area contributed by atoms with Gasteiger partial charge in [0, 0.05) is 21.5 Å². The van der Waals surface area contributed by atoms with Crippen LogP contribution in [0.25, 0.3) is 10.9 Å². The van der Waals surface area contributed by atoms with Gasteiger partial charge in [0.15, 0.2) is 0 Å². The average molecular weight is 438 g/mol. The second-order valence-corrected chi connectivity index (χ2v) is 9.38. The van der Waals surface area contributed by atoms with Gasteiger partial charge in [-0.15, -0.1) is 0 Å². The standard InChI is InChI=1S/C19H14ClF2N3O3S/c20-11-4-5-13-10(6-11)8-15(23-13)18(26)24-14-7-9-2-1-3-12-16(9)17(14)25-29(27,28)19(12,21)22/h1-6,8,14,17,23,25H,7H2,(H,24,26). The van der Waals surface area contributed by atoms with Gasteiger partial charge < -0.3 is 10.3 Å². The Labute approximate surface area is 169 Å². The van der Waals surface area contributed by atoms with Crippen molar-refractivity contribution >= 4 is 38.4 Å². The lowest BCUT2D eigenvalue weighted by Crippen LogP contribution is -2.51. The van der Waals surface area contributed by atoms with Crippen LogP contribution in [0, 0.1) is 0 Å². The van der Waals surface area contributed by atoms with Crippen LogP contribution in [-0.4, -0.2) is 25.4 Å². The molecule has 0 radical (unpaired) electrons. The number of aromatic nitrogens is 1. The van der Waals surface area contributed by atoms with Crippen LogP contribution in [0.5, 0.6) is 0 Å². The minimum atomic E-state index is -4.92. The molecule has 3 aromatic rings. The maximum atomic E-state index is 14.4. The SMILES string of the molecule is O=C(NC1Cc2cccc3c2C1NS(=O)(=O)C3(F)F)c1cc2cc(Cl)ccc2[nH]1. The molecule has 2 heterocycles. The molecular formula is C19H14ClF2N3O3S. The highest BCUT2D eigenvalue weighted by Gasteiger charge is 2.57. The molecule has 0 fully saturated rings. The zero-order chi connectivity index (χ0) is 20.6. The van der Waals surface area contributed by atoms with Crippen LogP contribution in [-0.2, 0) is 21.7 Å². The van der Waals surface area contributed by atoms with Crippen LogP contribution in [0.2, 0.25) is 5.02 Å². The zero-order valence-electron chi connectivity index (χ0n) is 14.7. The van der Waals surface area contributed by atoms with Gasteiger partial charge >= 0.3 is 5.25 Å². The fourth-order valence-corrected chi connectivity index (χ4v) is 5.51. The van der Waals surface area contributed by atoms with Gasteiger partial charge in [0.1, 0.15) is 5.69 Å². The van der Waals surface area contributed by atoms with E-state index in [1.807, 2.05) is 0 Å². The molecule has 2 unspecified atom stereocenters. The first-order valence-electron chi connectivity index (χ1n) is 8.78. The Hall–Kier alpha value is -2.49. The number of rotatable bonds is 2. The average Bonchev–Trinajstić information content (AvgIpc) is 3.21. The van der Waals surface area contributed by atoms with Crippen molar-refractivity contribution < 1.29 is 22.0 Å². The second kappa shape index (κ2) is 6.01. The highest BCUT2D eigenvalue weighted by atomic mass is 35.5. The number of nitrogens with one attached hydrogen (secondary N) is 3. The Morgan fingerprint density at radius 2 is 2.00 bits per heavy atom. The first kappa shape index (κ1) is 18.5. The number of sulfonamides is 1. The molecule has 1 aromatic heterocycles. The van der Waals surface area contributed by atoms with Crippen molar-refractivity contribution in [1.29, 1.82) is 0 Å². The summed E-state index contributed by atoms with van der Waals surface area (Å²) >= 11 is 5.96. The Balaban J connectivity index is 1.48. The first-order chi connectivity index (χ1) is 13.7. The van der Waals surface area contributed by atoms with E-state index in [1.54, 1.807) is 30.3 Å². The first-order valence-corrected chi connectivity index (χ1v) is 10.6. The van der Waals surface area contributed by atoms with Crippen LogP contribution in [0.4, 0.5) is 8.78 Å². The van der Waals surface area contributed by atoms with Crippen molar-refractivity contribution in [2.24, 2.45) is 0 Å². The summed E-state index contributed by atoms with van der Waals surface area (Å²) in [7, 11) is -4.92. The normalized spacial score (nSPS) is 23.7. The van der Waals surface area contributed by atoms with E-state index in [4.69, 9.17) is 11.6 Å². The molecule has 1 aliphatic carbocycles. The van der Waals surface area contributed by atoms with E-state index in [2.05, 4.69) is 15.0 Å². The summed E-state index contributed by atoms with van der Waals surface area (Å²) in [5.41, 5.74) is 1.28. The van der Waals surface area contributed by atoms with Crippen LogP contribution in [0.15, 0.2) is 42.5 Å². The van der Waals surface area contributed by atoms with E-state index in [-0.39, 0.29) is 17.7 Å². The van der Waals surface area contributed by atoms with E-state index in [9.17, 15) is 22.0 Å². The number of aromatic amines is 1. The Kier molecular flexibility index (Phi) is 3.84. The van der Waals surface area contributed by atoms with E-state index in [1.165, 1.54) is 6.07 Å². The summed E-state index contributed by atoms with van der Waals surface area (Å²) in [5.74, 6) is -0.465. The summed E-state index contributed by atoms with van der Waals surface area (Å²) < 4.78 is 55.1. The number of hydrogen-bond donors (Lipinski definition) is 3. The highest BCUT2D eigenvalue weighted by Crippen LogP contribution is 2.47. The van der Waals surface area contributed by atoms with Crippen molar-refractivity contribution in [3.8, 4) is 0 Å². The van der Waals surface area contributed by atoms with Crippen LogP contribution in [0.1, 0.15) is 33.2 Å². The minimum Gasteiger partial charge on any atom is -0.351 e. The molecule has 0 saturated heterocycles. The molecule has 2 aromatic carbocycles. The van der Waals surface area contributed by atoms with Gasteiger partial charge in [-0.05, 0) is 41.8 Å². The van der Waals surface area contributed by atoms with Crippen molar-refractivity contribution in [3.05, 3.63) is 69.9 Å². The summed E-state index contributed by atoms with van der Waals surface area (Å²) in [6, 6.07) is 9.31. The molecule has 1 amide bonds. The summed E-state index contributed by atoms with van der Waals surface area (Å²) in [4.78, 5) is 15.7.